The van der Waals surface area contributed by atoms with Crippen molar-refractivity contribution in [3.05, 3.63) is 54.2 Å². The van der Waals surface area contributed by atoms with Crippen LogP contribution in [0.5, 0.6) is 0 Å². The lowest BCUT2D eigenvalue weighted by molar-refractivity contribution is 0.0691. The Labute approximate surface area is 109 Å². The highest BCUT2D eigenvalue weighted by Gasteiger charge is 2.13. The van der Waals surface area contributed by atoms with E-state index in [0.717, 1.165) is 16.7 Å². The molecule has 2 aromatic heterocycles. The number of nitrogens with zero attached hydrogens (tertiary/aromatic N) is 3. The number of carbonyl (C=O) groups is 1. The minimum atomic E-state index is -1.04. The lowest BCUT2D eigenvalue weighted by Gasteiger charge is -2.06. The second-order valence-corrected chi connectivity index (χ2v) is 4.28. The van der Waals surface area contributed by atoms with E-state index in [1.165, 1.54) is 6.20 Å². The molecule has 3 aromatic rings. The van der Waals surface area contributed by atoms with E-state index in [0.29, 0.717) is 5.65 Å². The molecule has 0 unspecified atom stereocenters. The second kappa shape index (κ2) is 4.20. The highest BCUT2D eigenvalue weighted by Crippen LogP contribution is 2.26. The molecule has 0 aliphatic rings. The summed E-state index contributed by atoms with van der Waals surface area (Å²) in [6.07, 6.45) is 4.72. The summed E-state index contributed by atoms with van der Waals surface area (Å²) in [5, 5.41) is 9.01. The predicted octanol–water partition coefficient (Wildman–Crippen LogP) is 2.40. The van der Waals surface area contributed by atoms with Crippen LogP contribution in [0.2, 0.25) is 0 Å². The fourth-order valence-electron chi connectivity index (χ4n) is 2.09. The average Bonchev–Trinajstić information content (AvgIpc) is 2.83. The van der Waals surface area contributed by atoms with Crippen LogP contribution in [0.3, 0.4) is 0 Å². The molecule has 0 fully saturated rings. The van der Waals surface area contributed by atoms with Gasteiger partial charge in [-0.25, -0.2) is 14.8 Å². The number of fused-ring (bicyclic) bond motifs is 1. The lowest BCUT2D eigenvalue weighted by atomic mass is 10.0. The smallest absolute Gasteiger partial charge is 0.356 e. The van der Waals surface area contributed by atoms with Gasteiger partial charge in [0.1, 0.15) is 12.0 Å². The Bertz CT molecular complexity index is 777. The minimum Gasteiger partial charge on any atom is -0.476 e. The van der Waals surface area contributed by atoms with Crippen molar-refractivity contribution < 1.29 is 9.90 Å². The number of aryl methyl sites for hydroxylation is 1. The first-order chi connectivity index (χ1) is 9.16. The van der Waals surface area contributed by atoms with Gasteiger partial charge in [0, 0.05) is 18.0 Å². The number of rotatable bonds is 2. The molecule has 0 saturated heterocycles. The van der Waals surface area contributed by atoms with Crippen LogP contribution >= 0.6 is 0 Å². The fraction of sp³-hybridized carbons (Fsp3) is 0.0714. The molecule has 5 heteroatoms. The van der Waals surface area contributed by atoms with Crippen molar-refractivity contribution in [1.82, 2.24) is 14.4 Å². The van der Waals surface area contributed by atoms with Crippen molar-refractivity contribution in [1.29, 1.82) is 0 Å². The monoisotopic (exact) mass is 253 g/mol. The molecule has 19 heavy (non-hydrogen) atoms. The number of imidazole rings is 1. The van der Waals surface area contributed by atoms with Gasteiger partial charge < -0.3 is 5.11 Å². The number of aromatic nitrogens is 3. The topological polar surface area (TPSA) is 67.5 Å². The van der Waals surface area contributed by atoms with Crippen LogP contribution in [0.1, 0.15) is 16.1 Å². The zero-order chi connectivity index (χ0) is 13.4. The summed E-state index contributed by atoms with van der Waals surface area (Å²) in [4.78, 5) is 19.3. The Morgan fingerprint density at radius 1 is 1.26 bits per heavy atom. The third-order valence-electron chi connectivity index (χ3n) is 3.02. The maximum absolute atomic E-state index is 11.0. The van der Waals surface area contributed by atoms with Gasteiger partial charge in [0.15, 0.2) is 5.69 Å². The van der Waals surface area contributed by atoms with E-state index in [1.807, 2.05) is 31.2 Å². The first kappa shape index (κ1) is 11.4. The average molecular weight is 253 g/mol. The molecule has 1 N–H and O–H groups in total. The van der Waals surface area contributed by atoms with Crippen molar-refractivity contribution in [2.24, 2.45) is 0 Å². The van der Waals surface area contributed by atoms with Gasteiger partial charge in [-0.3, -0.25) is 4.40 Å². The van der Waals surface area contributed by atoms with Crippen molar-refractivity contribution in [3.8, 4) is 11.1 Å². The molecule has 0 bridgehead atoms. The Morgan fingerprint density at radius 2 is 2.05 bits per heavy atom. The Kier molecular flexibility index (Phi) is 2.52. The summed E-state index contributed by atoms with van der Waals surface area (Å²) in [5.74, 6) is -1.04. The van der Waals surface area contributed by atoms with Gasteiger partial charge in [-0.1, -0.05) is 24.3 Å². The molecule has 0 aliphatic carbocycles. The van der Waals surface area contributed by atoms with E-state index in [1.54, 1.807) is 16.9 Å². The Morgan fingerprint density at radius 3 is 2.79 bits per heavy atom. The molecule has 0 amide bonds. The molecule has 0 radical (unpaired) electrons. The van der Waals surface area contributed by atoms with E-state index in [4.69, 9.17) is 5.11 Å². The van der Waals surface area contributed by atoms with Gasteiger partial charge in [-0.2, -0.15) is 0 Å². The lowest BCUT2D eigenvalue weighted by Crippen LogP contribution is -1.95. The van der Waals surface area contributed by atoms with Crippen LogP contribution in [0.4, 0.5) is 0 Å². The van der Waals surface area contributed by atoms with E-state index >= 15 is 0 Å². The molecular formula is C14H11N3O2. The molecule has 0 aliphatic heterocycles. The SMILES string of the molecule is Cc1ccccc1-c1cncn2cc(C(=O)O)nc12. The molecule has 94 valence electrons. The number of hydrogen-bond acceptors (Lipinski definition) is 3. The fourth-order valence-corrected chi connectivity index (χ4v) is 2.09. The summed E-state index contributed by atoms with van der Waals surface area (Å²) in [7, 11) is 0. The largest absolute Gasteiger partial charge is 0.476 e. The first-order valence-electron chi connectivity index (χ1n) is 5.79. The molecule has 0 atom stereocenters. The predicted molar refractivity (Wildman–Crippen MR) is 70.1 cm³/mol. The zero-order valence-electron chi connectivity index (χ0n) is 10.2. The van der Waals surface area contributed by atoms with Crippen LogP contribution < -0.4 is 0 Å². The van der Waals surface area contributed by atoms with Crippen LogP contribution in [0.25, 0.3) is 16.8 Å². The van der Waals surface area contributed by atoms with Gasteiger partial charge in [-0.05, 0) is 18.1 Å². The first-order valence-corrected chi connectivity index (χ1v) is 5.79. The highest BCUT2D eigenvalue weighted by molar-refractivity contribution is 5.88. The Hall–Kier alpha value is -2.69. The van der Waals surface area contributed by atoms with E-state index < -0.39 is 5.97 Å². The maximum Gasteiger partial charge on any atom is 0.356 e. The highest BCUT2D eigenvalue weighted by atomic mass is 16.4. The normalized spacial score (nSPS) is 10.8. The third-order valence-corrected chi connectivity index (χ3v) is 3.02. The maximum atomic E-state index is 11.0. The number of carboxylic acids is 1. The Balaban J connectivity index is 2.30. The number of aromatic carboxylic acids is 1. The van der Waals surface area contributed by atoms with Gasteiger partial charge in [0.05, 0.1) is 0 Å². The van der Waals surface area contributed by atoms with E-state index in [9.17, 15) is 4.79 Å². The van der Waals surface area contributed by atoms with E-state index in [-0.39, 0.29) is 5.69 Å². The van der Waals surface area contributed by atoms with Crippen molar-refractivity contribution in [3.63, 3.8) is 0 Å². The van der Waals surface area contributed by atoms with E-state index in [2.05, 4.69) is 9.97 Å². The van der Waals surface area contributed by atoms with Crippen LogP contribution in [-0.4, -0.2) is 25.4 Å². The summed E-state index contributed by atoms with van der Waals surface area (Å²) < 4.78 is 1.63. The molecule has 3 rings (SSSR count). The molecule has 0 spiro atoms. The van der Waals surface area contributed by atoms with Crippen LogP contribution in [0.15, 0.2) is 43.0 Å². The van der Waals surface area contributed by atoms with Crippen molar-refractivity contribution in [2.45, 2.75) is 6.92 Å². The van der Waals surface area contributed by atoms with Gasteiger partial charge >= 0.3 is 5.97 Å². The zero-order valence-corrected chi connectivity index (χ0v) is 10.2. The van der Waals surface area contributed by atoms with Gasteiger partial charge in [0.2, 0.25) is 0 Å². The van der Waals surface area contributed by atoms with Crippen LogP contribution in [-0.2, 0) is 0 Å². The molecule has 2 heterocycles. The number of carboxylic acid groups (broad SMARTS) is 1. The third kappa shape index (κ3) is 1.85. The summed E-state index contributed by atoms with van der Waals surface area (Å²) in [6.45, 7) is 2.00. The van der Waals surface area contributed by atoms with Crippen molar-refractivity contribution in [2.75, 3.05) is 0 Å². The molecule has 0 saturated carbocycles. The molecule has 1 aromatic carbocycles. The van der Waals surface area contributed by atoms with Crippen LogP contribution in [0, 0.1) is 6.92 Å². The quantitative estimate of drug-likeness (QED) is 0.761. The van der Waals surface area contributed by atoms with Crippen molar-refractivity contribution >= 4 is 11.6 Å². The van der Waals surface area contributed by atoms with Gasteiger partial charge in [-0.15, -0.1) is 0 Å². The minimum absolute atomic E-state index is 0.0165. The molecule has 5 nitrogen and oxygen atoms in total. The van der Waals surface area contributed by atoms with Gasteiger partial charge in [0.25, 0.3) is 0 Å². The molecular weight excluding hydrogens is 242 g/mol. The second-order valence-electron chi connectivity index (χ2n) is 4.28. The summed E-state index contributed by atoms with van der Waals surface area (Å²) in [6, 6.07) is 7.87. The summed E-state index contributed by atoms with van der Waals surface area (Å²) in [5.41, 5.74) is 3.54. The summed E-state index contributed by atoms with van der Waals surface area (Å²) >= 11 is 0. The standard InChI is InChI=1S/C14H11N3O2/c1-9-4-2-3-5-10(9)11-6-15-8-17-7-12(14(18)19)16-13(11)17/h2-8H,1H3,(H,18,19). The number of benzene rings is 1. The number of hydrogen-bond donors (Lipinski definition) is 1.